The van der Waals surface area contributed by atoms with E-state index in [1.165, 1.54) is 0 Å². The van der Waals surface area contributed by atoms with Gasteiger partial charge in [0.1, 0.15) is 0 Å². The predicted octanol–water partition coefficient (Wildman–Crippen LogP) is 20.9. The Morgan fingerprint density at radius 2 is 0.598 bits per heavy atom. The number of nitrogens with zero attached hydrogens (tertiary/aromatic N) is 5. The summed E-state index contributed by atoms with van der Waals surface area (Å²) < 4.78 is 4.58. The summed E-state index contributed by atoms with van der Waals surface area (Å²) in [6.07, 6.45) is 49.3. The number of rotatable bonds is 11. The molecule has 0 aliphatic rings. The van der Waals surface area contributed by atoms with Crippen LogP contribution in [0.3, 0.4) is 0 Å². The molecular formula is C97H53N5. The first kappa shape index (κ1) is 61.8. The molecule has 0 spiro atoms. The summed E-state index contributed by atoms with van der Waals surface area (Å²) in [6, 6.07) is 92.8. The lowest BCUT2D eigenvalue weighted by Gasteiger charge is -2.17. The Balaban J connectivity index is 0.902. The van der Waals surface area contributed by atoms with E-state index in [-0.39, 0.29) is 0 Å². The summed E-state index contributed by atoms with van der Waals surface area (Å²) >= 11 is 0. The molecule has 13 aromatic carbocycles. The van der Waals surface area contributed by atoms with Gasteiger partial charge in [0, 0.05) is 82.9 Å². The van der Waals surface area contributed by atoms with E-state index in [4.69, 9.17) is 66.3 Å². The zero-order valence-electron chi connectivity index (χ0n) is 54.8. The van der Waals surface area contributed by atoms with Crippen LogP contribution in [0.1, 0.15) is 44.5 Å². The number of terminal acetylenes is 8. The first-order valence-electron chi connectivity index (χ1n) is 32.9. The van der Waals surface area contributed by atoms with E-state index < -0.39 is 0 Å². The molecule has 0 aliphatic heterocycles. The average molecular weight is 1290 g/mol. The molecule has 16 rings (SSSR count). The SMILES string of the molecule is C#Cc1cccc(-c2ccc(-c3cccc(-c4ccc5c(c4)c4ccc6c7ccccc7n(-c7ccccc7)c6c4n5-c4nc(-c5ccccc5)nc(-c5cccc(-c6ccc(-c7cccc(C#C)c7C#C)c(-c7cccc(C#C)c7C#C)c6)c5)n4)c3)cc2-c2cccc(C#C)c2C#C)c1C#C. The maximum atomic E-state index is 6.30. The number of hydrogen-bond acceptors (Lipinski definition) is 3. The van der Waals surface area contributed by atoms with Crippen molar-refractivity contribution in [1.82, 2.24) is 24.1 Å². The van der Waals surface area contributed by atoms with Crippen LogP contribution in [0, 0.1) is 98.8 Å². The van der Waals surface area contributed by atoms with Gasteiger partial charge < -0.3 is 4.57 Å². The molecule has 0 fully saturated rings. The number of benzene rings is 13. The highest BCUT2D eigenvalue weighted by Crippen LogP contribution is 2.46. The molecule has 3 aromatic heterocycles. The molecule has 0 unspecified atom stereocenters. The highest BCUT2D eigenvalue weighted by atomic mass is 15.2. The summed E-state index contributed by atoms with van der Waals surface area (Å²) in [5, 5.41) is 4.16. The average Bonchev–Trinajstić information content (AvgIpc) is 1.54. The molecule has 0 saturated heterocycles. The molecule has 0 saturated carbocycles. The van der Waals surface area contributed by atoms with Crippen molar-refractivity contribution in [3.8, 4) is 211 Å². The van der Waals surface area contributed by atoms with Crippen LogP contribution < -0.4 is 0 Å². The monoisotopic (exact) mass is 1290 g/mol. The van der Waals surface area contributed by atoms with Crippen LogP contribution >= 0.6 is 0 Å². The van der Waals surface area contributed by atoms with Crippen molar-refractivity contribution < 1.29 is 0 Å². The predicted molar refractivity (Wildman–Crippen MR) is 421 cm³/mol. The standard InChI is InChI=1S/C97H53N5/c1-9-62-33-27-44-79(75(62)13-5)83-52-49-70(59-88(83)81-46-29-35-64(11-3)77(81)15-7)67-37-25-38-68(57-67)72-51-56-92-90(61-72)87-55-54-86-85-43-23-24-48-91(85)101(74-41-21-18-22-42-74)93(86)94(87)102(92)97-99-95(66-31-19-17-20-32-66)98-96(100-97)73-40-26-39-69(58-73)71-50-53-84(80-45-28-34-63(10-2)76(80)14-6)89(60-71)82-47-30-36-65(12-4)78(82)16-8/h1-8,17-61H. The van der Waals surface area contributed by atoms with Crippen LogP contribution in [0.2, 0.25) is 0 Å². The third-order valence-corrected chi connectivity index (χ3v) is 19.1. The number of hydrogen-bond donors (Lipinski definition) is 0. The van der Waals surface area contributed by atoms with Crippen LogP contribution in [0.25, 0.3) is 156 Å². The lowest BCUT2D eigenvalue weighted by molar-refractivity contribution is 0.953. The largest absolute Gasteiger partial charge is 0.307 e. The molecular weight excluding hydrogens is 1240 g/mol. The topological polar surface area (TPSA) is 48.5 Å². The van der Waals surface area contributed by atoms with Gasteiger partial charge in [-0.05, 0) is 157 Å². The summed E-state index contributed by atoms with van der Waals surface area (Å²) in [4.78, 5) is 16.5. The zero-order chi connectivity index (χ0) is 69.5. The second-order valence-electron chi connectivity index (χ2n) is 24.5. The highest BCUT2D eigenvalue weighted by Gasteiger charge is 2.26. The van der Waals surface area contributed by atoms with Crippen LogP contribution in [0.4, 0.5) is 0 Å². The fourth-order valence-corrected chi connectivity index (χ4v) is 14.4. The summed E-state index contributed by atoms with van der Waals surface area (Å²) in [7, 11) is 0. The number of para-hydroxylation sites is 2. The summed E-state index contributed by atoms with van der Waals surface area (Å²) in [6.45, 7) is 0. The molecule has 3 heterocycles. The molecule has 102 heavy (non-hydrogen) atoms. The van der Waals surface area contributed by atoms with Crippen molar-refractivity contribution >= 4 is 43.6 Å². The molecule has 0 radical (unpaired) electrons. The molecule has 466 valence electrons. The van der Waals surface area contributed by atoms with E-state index in [9.17, 15) is 0 Å². The van der Waals surface area contributed by atoms with Crippen molar-refractivity contribution in [3.63, 3.8) is 0 Å². The van der Waals surface area contributed by atoms with Gasteiger partial charge in [-0.3, -0.25) is 4.57 Å². The second kappa shape index (κ2) is 25.8. The van der Waals surface area contributed by atoms with Gasteiger partial charge in [0.2, 0.25) is 5.95 Å². The van der Waals surface area contributed by atoms with Crippen molar-refractivity contribution in [2.75, 3.05) is 0 Å². The van der Waals surface area contributed by atoms with E-state index in [2.05, 4.69) is 208 Å². The van der Waals surface area contributed by atoms with Gasteiger partial charge in [0.15, 0.2) is 11.6 Å². The molecule has 0 aliphatic carbocycles. The second-order valence-corrected chi connectivity index (χ2v) is 24.5. The fourth-order valence-electron chi connectivity index (χ4n) is 14.4. The van der Waals surface area contributed by atoms with Crippen LogP contribution in [-0.2, 0) is 0 Å². The first-order chi connectivity index (χ1) is 50.2. The van der Waals surface area contributed by atoms with Gasteiger partial charge >= 0.3 is 0 Å². The van der Waals surface area contributed by atoms with Crippen LogP contribution in [0.5, 0.6) is 0 Å². The number of fused-ring (bicyclic) bond motifs is 7. The normalized spacial score (nSPS) is 10.9. The molecule has 0 atom stereocenters. The lowest BCUT2D eigenvalue weighted by Crippen LogP contribution is -2.07. The Bertz CT molecular complexity index is 6590. The van der Waals surface area contributed by atoms with E-state index in [1.807, 2.05) is 121 Å². The minimum absolute atomic E-state index is 0.428. The van der Waals surface area contributed by atoms with Crippen LogP contribution in [-0.4, -0.2) is 24.1 Å². The van der Waals surface area contributed by atoms with Gasteiger partial charge in [-0.15, -0.1) is 51.4 Å². The third-order valence-electron chi connectivity index (χ3n) is 19.1. The molecule has 5 nitrogen and oxygen atoms in total. The lowest BCUT2D eigenvalue weighted by atomic mass is 9.85. The molecule has 16 aromatic rings. The van der Waals surface area contributed by atoms with E-state index in [1.54, 1.807) is 0 Å². The van der Waals surface area contributed by atoms with Gasteiger partial charge in [-0.2, -0.15) is 9.97 Å². The molecule has 0 N–H and O–H groups in total. The minimum Gasteiger partial charge on any atom is -0.307 e. The van der Waals surface area contributed by atoms with E-state index in [0.717, 1.165) is 138 Å². The van der Waals surface area contributed by atoms with E-state index >= 15 is 0 Å². The van der Waals surface area contributed by atoms with Gasteiger partial charge in [-0.25, -0.2) is 4.98 Å². The van der Waals surface area contributed by atoms with Gasteiger partial charge in [0.25, 0.3) is 0 Å². The molecule has 5 heteroatoms. The van der Waals surface area contributed by atoms with Gasteiger partial charge in [-0.1, -0.05) is 241 Å². The maximum Gasteiger partial charge on any atom is 0.238 e. The quantitative estimate of drug-likeness (QED) is 0.121. The Kier molecular flexibility index (Phi) is 15.7. The first-order valence-corrected chi connectivity index (χ1v) is 32.9. The van der Waals surface area contributed by atoms with E-state index in [0.29, 0.717) is 62.1 Å². The highest BCUT2D eigenvalue weighted by molar-refractivity contribution is 6.24. The van der Waals surface area contributed by atoms with Crippen LogP contribution in [0.15, 0.2) is 273 Å². The fraction of sp³-hybridized carbons (Fsp3) is 0. The third kappa shape index (κ3) is 10.4. The van der Waals surface area contributed by atoms with Crippen molar-refractivity contribution in [2.45, 2.75) is 0 Å². The molecule has 0 bridgehead atoms. The minimum atomic E-state index is 0.428. The molecule has 0 amide bonds. The van der Waals surface area contributed by atoms with Crippen molar-refractivity contribution in [2.24, 2.45) is 0 Å². The number of aromatic nitrogens is 5. The van der Waals surface area contributed by atoms with Gasteiger partial charge in [0.05, 0.1) is 22.1 Å². The summed E-state index contributed by atoms with van der Waals surface area (Å²) in [5.41, 5.74) is 23.6. The zero-order valence-corrected chi connectivity index (χ0v) is 54.8. The maximum absolute atomic E-state index is 6.30. The summed E-state index contributed by atoms with van der Waals surface area (Å²) in [5.74, 6) is 24.1. The Hall–Kier alpha value is -15.1. The Labute approximate surface area is 592 Å². The van der Waals surface area contributed by atoms with Crippen molar-refractivity contribution in [3.05, 3.63) is 317 Å². The Morgan fingerprint density at radius 3 is 1.10 bits per heavy atom. The smallest absolute Gasteiger partial charge is 0.238 e. The van der Waals surface area contributed by atoms with Crippen molar-refractivity contribution in [1.29, 1.82) is 0 Å². The Morgan fingerprint density at radius 1 is 0.225 bits per heavy atom.